The molecular formula is C48H42FeI2P2+2. The maximum absolute atomic E-state index is 2.30. The van der Waals surface area contributed by atoms with Gasteiger partial charge in [-0.15, -0.1) is 0 Å². The smallest absolute Gasteiger partial charge is 1.00 e. The molecule has 0 heterocycles. The van der Waals surface area contributed by atoms with Gasteiger partial charge >= 0.3 is 17.1 Å². The van der Waals surface area contributed by atoms with Crippen LogP contribution in [0.2, 0.25) is 0 Å². The second kappa shape index (κ2) is 22.0. The SMILES string of the molecule is [CH]1[CH][CH][C](C[P+](c2ccccc2)(c2ccccc2)c2ccccc2)[CH]1.[CH]1[CH][CH][C](C[P+](c2ccccc2)(c2ccccc2)c2ccccc2)[CH]1.[Fe+2].[I-].[I-]. The van der Waals surface area contributed by atoms with Crippen LogP contribution in [0.15, 0.2) is 182 Å². The summed E-state index contributed by atoms with van der Waals surface area (Å²) in [6.45, 7) is 0. The molecule has 2 saturated carbocycles. The van der Waals surface area contributed by atoms with Crippen LogP contribution in [0.1, 0.15) is 0 Å². The van der Waals surface area contributed by atoms with Gasteiger partial charge in [0, 0.05) is 11.8 Å². The predicted molar refractivity (Wildman–Crippen MR) is 221 cm³/mol. The molecule has 2 aliphatic carbocycles. The van der Waals surface area contributed by atoms with E-state index in [1.807, 2.05) is 0 Å². The Morgan fingerprint density at radius 2 is 0.434 bits per heavy atom. The maximum Gasteiger partial charge on any atom is 2.00 e. The van der Waals surface area contributed by atoms with Crippen molar-refractivity contribution in [3.05, 3.63) is 245 Å². The van der Waals surface area contributed by atoms with Gasteiger partial charge in [-0.3, -0.25) is 0 Å². The second-order valence-corrected chi connectivity index (χ2v) is 19.5. The quantitative estimate of drug-likeness (QED) is 0.113. The van der Waals surface area contributed by atoms with Crippen LogP contribution >= 0.6 is 14.5 Å². The number of rotatable bonds is 10. The molecule has 0 spiro atoms. The molecule has 10 radical (unpaired) electrons. The molecule has 0 bridgehead atoms. The molecule has 0 aromatic heterocycles. The van der Waals surface area contributed by atoms with Crippen LogP contribution < -0.4 is 79.8 Å². The number of hydrogen-bond donors (Lipinski definition) is 0. The van der Waals surface area contributed by atoms with E-state index >= 15 is 0 Å². The molecule has 0 aliphatic heterocycles. The van der Waals surface area contributed by atoms with Gasteiger partial charge in [-0.2, -0.15) is 0 Å². The minimum Gasteiger partial charge on any atom is -1.00 e. The van der Waals surface area contributed by atoms with Crippen LogP contribution in [0.4, 0.5) is 0 Å². The van der Waals surface area contributed by atoms with Crippen molar-refractivity contribution in [3.8, 4) is 0 Å². The van der Waals surface area contributed by atoms with Gasteiger partial charge in [0.15, 0.2) is 0 Å². The summed E-state index contributed by atoms with van der Waals surface area (Å²) in [6, 6.07) is 66.3. The van der Waals surface area contributed by atoms with Crippen molar-refractivity contribution in [1.29, 1.82) is 0 Å². The van der Waals surface area contributed by atoms with Crippen LogP contribution in [-0.2, 0) is 17.1 Å². The summed E-state index contributed by atoms with van der Waals surface area (Å²) in [5.41, 5.74) is 0. The van der Waals surface area contributed by atoms with Crippen LogP contribution in [0.25, 0.3) is 0 Å². The van der Waals surface area contributed by atoms with Crippen molar-refractivity contribution in [1.82, 2.24) is 0 Å². The van der Waals surface area contributed by atoms with Crippen molar-refractivity contribution in [3.63, 3.8) is 0 Å². The van der Waals surface area contributed by atoms with Crippen molar-refractivity contribution in [2.24, 2.45) is 0 Å². The fraction of sp³-hybridized carbons (Fsp3) is 0.0417. The van der Waals surface area contributed by atoms with Gasteiger partial charge in [-0.1, -0.05) is 109 Å². The van der Waals surface area contributed by atoms with E-state index in [0.29, 0.717) is 0 Å². The molecule has 2 fully saturated rings. The Balaban J connectivity index is 0.000000224. The Kier molecular flexibility index (Phi) is 18.2. The molecule has 0 nitrogen and oxygen atoms in total. The monoisotopic (exact) mass is 990 g/mol. The van der Waals surface area contributed by atoms with Gasteiger partial charge < -0.3 is 48.0 Å². The average molecular weight is 990 g/mol. The molecule has 8 rings (SSSR count). The molecule has 264 valence electrons. The molecule has 5 heteroatoms. The van der Waals surface area contributed by atoms with Crippen molar-refractivity contribution < 1.29 is 65.0 Å². The zero-order valence-electron chi connectivity index (χ0n) is 29.4. The minimum absolute atomic E-state index is 0. The number of benzene rings is 6. The van der Waals surface area contributed by atoms with E-state index in [4.69, 9.17) is 0 Å². The average Bonchev–Trinajstić information content (AvgIpc) is 3.93. The standard InChI is InChI=1S/2C24H21P.Fe.2HI/c2*1-4-14-22(15-5-1)25(20-21-12-10-11-13-21,23-16-6-2-7-17-23)24-18-8-3-9-19-24;;;/h2*1-19H,20H2;;2*1H/q2*+1;+2;;/p-2. The summed E-state index contributed by atoms with van der Waals surface area (Å²) < 4.78 is 0. The van der Waals surface area contributed by atoms with Gasteiger partial charge in [-0.25, -0.2) is 0 Å². The van der Waals surface area contributed by atoms with Crippen molar-refractivity contribution in [2.45, 2.75) is 0 Å². The third-order valence-corrected chi connectivity index (χ3v) is 18.2. The first-order valence-corrected chi connectivity index (χ1v) is 21.2. The molecule has 0 N–H and O–H groups in total. The molecule has 0 amide bonds. The van der Waals surface area contributed by atoms with Crippen LogP contribution in [0.3, 0.4) is 0 Å². The Bertz CT molecular complexity index is 1510. The van der Waals surface area contributed by atoms with E-state index in [0.717, 1.165) is 12.3 Å². The Hall–Kier alpha value is -1.84. The number of halogens is 2. The summed E-state index contributed by atoms with van der Waals surface area (Å²) in [6.07, 6.45) is 19.7. The number of hydrogen-bond acceptors (Lipinski definition) is 0. The van der Waals surface area contributed by atoms with Gasteiger partial charge in [0.2, 0.25) is 0 Å². The van der Waals surface area contributed by atoms with E-state index in [-0.39, 0.29) is 65.0 Å². The molecule has 0 saturated heterocycles. The largest absolute Gasteiger partial charge is 2.00 e. The molecule has 2 aliphatic rings. The topological polar surface area (TPSA) is 0 Å². The van der Waals surface area contributed by atoms with Crippen molar-refractivity contribution in [2.75, 3.05) is 12.3 Å². The van der Waals surface area contributed by atoms with E-state index in [2.05, 4.69) is 233 Å². The molecule has 6 aromatic carbocycles. The predicted octanol–water partition coefficient (Wildman–Crippen LogP) is 2.78. The van der Waals surface area contributed by atoms with Crippen LogP contribution in [0.5, 0.6) is 0 Å². The third kappa shape index (κ3) is 10.3. The molecule has 6 aromatic rings. The summed E-state index contributed by atoms with van der Waals surface area (Å²) in [7, 11) is -3.48. The van der Waals surface area contributed by atoms with E-state index in [1.165, 1.54) is 43.7 Å². The summed E-state index contributed by atoms with van der Waals surface area (Å²) in [4.78, 5) is 0. The zero-order valence-corrected chi connectivity index (χ0v) is 36.6. The van der Waals surface area contributed by atoms with Gasteiger partial charge in [0.05, 0.1) is 12.3 Å². The van der Waals surface area contributed by atoms with Gasteiger partial charge in [0.25, 0.3) is 0 Å². The summed E-state index contributed by atoms with van der Waals surface area (Å²) >= 11 is 0. The Morgan fingerprint density at radius 1 is 0.264 bits per heavy atom. The molecule has 0 atom stereocenters. The van der Waals surface area contributed by atoms with Crippen LogP contribution in [0, 0.1) is 63.2 Å². The fourth-order valence-corrected chi connectivity index (χ4v) is 15.6. The third-order valence-electron chi connectivity index (χ3n) is 9.48. The fourth-order valence-electron chi connectivity index (χ4n) is 7.12. The molecule has 53 heavy (non-hydrogen) atoms. The van der Waals surface area contributed by atoms with E-state index in [1.54, 1.807) is 0 Å². The molecular weight excluding hydrogens is 948 g/mol. The second-order valence-electron chi connectivity index (χ2n) is 12.5. The Labute approximate surface area is 365 Å². The first-order valence-electron chi connectivity index (χ1n) is 17.3. The molecule has 0 unspecified atom stereocenters. The van der Waals surface area contributed by atoms with Gasteiger partial charge in [0.1, 0.15) is 46.4 Å². The van der Waals surface area contributed by atoms with Gasteiger partial charge in [-0.05, 0) is 124 Å². The van der Waals surface area contributed by atoms with Crippen LogP contribution in [-0.4, -0.2) is 12.3 Å². The zero-order chi connectivity index (χ0) is 33.9. The normalized spacial score (nSPS) is 14.5. The first-order chi connectivity index (χ1) is 24.8. The van der Waals surface area contributed by atoms with E-state index in [9.17, 15) is 0 Å². The maximum atomic E-state index is 2.30. The summed E-state index contributed by atoms with van der Waals surface area (Å²) in [5, 5.41) is 8.63. The first kappa shape index (κ1) is 43.9. The van der Waals surface area contributed by atoms with Crippen molar-refractivity contribution >= 4 is 46.4 Å². The Morgan fingerprint density at radius 3 is 0.604 bits per heavy atom. The van der Waals surface area contributed by atoms with E-state index < -0.39 is 14.5 Å². The minimum atomic E-state index is -1.74. The summed E-state index contributed by atoms with van der Waals surface area (Å²) in [5.74, 6) is 2.81.